The molecule has 0 aromatic rings. The zero-order chi connectivity index (χ0) is 14.3. The summed E-state index contributed by atoms with van der Waals surface area (Å²) in [7, 11) is 1.76. The van der Waals surface area contributed by atoms with E-state index in [1.807, 2.05) is 6.92 Å². The van der Waals surface area contributed by atoms with Gasteiger partial charge in [-0.3, -0.25) is 0 Å². The Labute approximate surface area is 109 Å². The molecule has 2 atom stereocenters. The van der Waals surface area contributed by atoms with E-state index in [9.17, 15) is 13.2 Å². The molecule has 0 aromatic heterocycles. The minimum absolute atomic E-state index is 0.0686. The molecule has 110 valence electrons. The van der Waals surface area contributed by atoms with Gasteiger partial charge in [0.15, 0.2) is 0 Å². The van der Waals surface area contributed by atoms with Gasteiger partial charge in [-0.15, -0.1) is 0 Å². The molecule has 0 radical (unpaired) electrons. The van der Waals surface area contributed by atoms with E-state index in [0.29, 0.717) is 11.8 Å². The Morgan fingerprint density at radius 2 is 1.61 bits per heavy atom. The third-order valence-electron chi connectivity index (χ3n) is 3.29. The van der Waals surface area contributed by atoms with Gasteiger partial charge in [0, 0.05) is 12.6 Å². The van der Waals surface area contributed by atoms with E-state index >= 15 is 0 Å². The van der Waals surface area contributed by atoms with Crippen molar-refractivity contribution in [2.75, 3.05) is 26.7 Å². The second-order valence-corrected chi connectivity index (χ2v) is 5.62. The monoisotopic (exact) mass is 268 g/mol. The van der Waals surface area contributed by atoms with Crippen LogP contribution in [0, 0.1) is 11.8 Å². The van der Waals surface area contributed by atoms with Gasteiger partial charge in [0.2, 0.25) is 0 Å². The summed E-state index contributed by atoms with van der Waals surface area (Å²) in [4.78, 5) is 1.79. The predicted octanol–water partition coefficient (Wildman–Crippen LogP) is 3.14. The lowest BCUT2D eigenvalue weighted by molar-refractivity contribution is -0.138. The lowest BCUT2D eigenvalue weighted by atomic mass is 10.0. The molecule has 0 amide bonds. The van der Waals surface area contributed by atoms with Crippen LogP contribution in [0.4, 0.5) is 13.2 Å². The van der Waals surface area contributed by atoms with Crippen LogP contribution in [-0.2, 0) is 0 Å². The first-order valence-electron chi connectivity index (χ1n) is 6.61. The second-order valence-electron chi connectivity index (χ2n) is 5.62. The van der Waals surface area contributed by atoms with Crippen molar-refractivity contribution in [2.24, 2.45) is 11.8 Å². The Morgan fingerprint density at radius 1 is 1.06 bits per heavy atom. The summed E-state index contributed by atoms with van der Waals surface area (Å²) in [5, 5.41) is 3.34. The zero-order valence-electron chi connectivity index (χ0n) is 12.1. The van der Waals surface area contributed by atoms with E-state index in [0.717, 1.165) is 13.1 Å². The molecule has 0 aliphatic heterocycles. The van der Waals surface area contributed by atoms with Gasteiger partial charge in [0.25, 0.3) is 0 Å². The first-order chi connectivity index (χ1) is 8.13. The van der Waals surface area contributed by atoms with Crippen LogP contribution in [-0.4, -0.2) is 43.8 Å². The molecule has 0 heterocycles. The molecule has 0 aliphatic rings. The highest BCUT2D eigenvalue weighted by Gasteiger charge is 2.28. The van der Waals surface area contributed by atoms with E-state index in [1.54, 1.807) is 11.9 Å². The van der Waals surface area contributed by atoms with Crippen LogP contribution in [0.1, 0.15) is 34.1 Å². The number of hydrogen-bond acceptors (Lipinski definition) is 2. The highest BCUT2D eigenvalue weighted by molar-refractivity contribution is 4.73. The average molecular weight is 268 g/mol. The van der Waals surface area contributed by atoms with E-state index < -0.39 is 12.6 Å². The smallest absolute Gasteiger partial charge is 0.316 e. The molecule has 0 aliphatic carbocycles. The highest BCUT2D eigenvalue weighted by atomic mass is 19.4. The Morgan fingerprint density at radius 3 is 2.06 bits per heavy atom. The van der Waals surface area contributed by atoms with Crippen molar-refractivity contribution >= 4 is 0 Å². The summed E-state index contributed by atoms with van der Waals surface area (Å²) in [5.74, 6) is 0.928. The van der Waals surface area contributed by atoms with Gasteiger partial charge in [0.1, 0.15) is 0 Å². The standard InChI is InChI=1S/C13H27F3N2/c1-10(2)8-17-9-11(3)12(4)18(5)7-6-13(14,15)16/h10-12,17H,6-9H2,1-5H3. The molecule has 1 N–H and O–H groups in total. The zero-order valence-corrected chi connectivity index (χ0v) is 12.1. The van der Waals surface area contributed by atoms with Gasteiger partial charge >= 0.3 is 6.18 Å². The predicted molar refractivity (Wildman–Crippen MR) is 69.6 cm³/mol. The van der Waals surface area contributed by atoms with Crippen molar-refractivity contribution in [2.45, 2.75) is 46.3 Å². The first-order valence-corrected chi connectivity index (χ1v) is 6.61. The number of rotatable bonds is 8. The molecular formula is C13H27F3N2. The molecule has 0 bridgehead atoms. The molecule has 0 rings (SSSR count). The second kappa shape index (κ2) is 8.00. The van der Waals surface area contributed by atoms with E-state index in [2.05, 4.69) is 26.1 Å². The van der Waals surface area contributed by atoms with Crippen molar-refractivity contribution in [3.8, 4) is 0 Å². The Hall–Kier alpha value is -0.290. The summed E-state index contributed by atoms with van der Waals surface area (Å²) in [6.45, 7) is 10.2. The normalized spacial score (nSPS) is 16.3. The minimum Gasteiger partial charge on any atom is -0.316 e. The van der Waals surface area contributed by atoms with Gasteiger partial charge in [-0.05, 0) is 38.9 Å². The third kappa shape index (κ3) is 8.75. The molecular weight excluding hydrogens is 241 g/mol. The Bertz CT molecular complexity index is 217. The van der Waals surface area contributed by atoms with Crippen molar-refractivity contribution < 1.29 is 13.2 Å². The summed E-state index contributed by atoms with van der Waals surface area (Å²) < 4.78 is 36.4. The third-order valence-corrected chi connectivity index (χ3v) is 3.29. The molecule has 2 unspecified atom stereocenters. The fourth-order valence-electron chi connectivity index (χ4n) is 1.71. The van der Waals surface area contributed by atoms with Crippen LogP contribution in [0.25, 0.3) is 0 Å². The van der Waals surface area contributed by atoms with Crippen LogP contribution in [0.3, 0.4) is 0 Å². The maximum absolute atomic E-state index is 12.1. The quantitative estimate of drug-likeness (QED) is 0.727. The number of nitrogens with one attached hydrogen (secondary N) is 1. The fourth-order valence-corrected chi connectivity index (χ4v) is 1.71. The number of hydrogen-bond donors (Lipinski definition) is 1. The van der Waals surface area contributed by atoms with E-state index in [1.165, 1.54) is 0 Å². The Kier molecular flexibility index (Phi) is 7.87. The number of halogens is 3. The van der Waals surface area contributed by atoms with Crippen molar-refractivity contribution in [1.29, 1.82) is 0 Å². The molecule has 0 aromatic carbocycles. The van der Waals surface area contributed by atoms with Crippen LogP contribution in [0.2, 0.25) is 0 Å². The first kappa shape index (κ1) is 17.7. The Balaban J connectivity index is 3.93. The van der Waals surface area contributed by atoms with Crippen LogP contribution >= 0.6 is 0 Å². The van der Waals surface area contributed by atoms with E-state index in [-0.39, 0.29) is 12.6 Å². The maximum atomic E-state index is 12.1. The van der Waals surface area contributed by atoms with Crippen molar-refractivity contribution in [3.05, 3.63) is 0 Å². The highest BCUT2D eigenvalue weighted by Crippen LogP contribution is 2.20. The van der Waals surface area contributed by atoms with Crippen molar-refractivity contribution in [3.63, 3.8) is 0 Å². The largest absolute Gasteiger partial charge is 0.390 e. The summed E-state index contributed by atoms with van der Waals surface area (Å²) in [5.41, 5.74) is 0. The molecule has 0 saturated carbocycles. The molecule has 0 saturated heterocycles. The summed E-state index contributed by atoms with van der Waals surface area (Å²) in [6.07, 6.45) is -4.80. The summed E-state index contributed by atoms with van der Waals surface area (Å²) >= 11 is 0. The minimum atomic E-state index is -4.06. The van der Waals surface area contributed by atoms with Crippen LogP contribution in [0.15, 0.2) is 0 Å². The van der Waals surface area contributed by atoms with E-state index in [4.69, 9.17) is 0 Å². The molecule has 0 fully saturated rings. The fraction of sp³-hybridized carbons (Fsp3) is 1.00. The molecule has 5 heteroatoms. The number of alkyl halides is 3. The molecule has 0 spiro atoms. The van der Waals surface area contributed by atoms with Gasteiger partial charge in [0.05, 0.1) is 6.42 Å². The average Bonchev–Trinajstić information content (AvgIpc) is 2.23. The summed E-state index contributed by atoms with van der Waals surface area (Å²) in [6, 6.07) is 0.145. The van der Waals surface area contributed by atoms with Gasteiger partial charge in [-0.2, -0.15) is 13.2 Å². The van der Waals surface area contributed by atoms with Crippen LogP contribution in [0.5, 0.6) is 0 Å². The SMILES string of the molecule is CC(C)CNCC(C)C(C)N(C)CCC(F)(F)F. The maximum Gasteiger partial charge on any atom is 0.390 e. The van der Waals surface area contributed by atoms with Gasteiger partial charge in [-0.25, -0.2) is 0 Å². The van der Waals surface area contributed by atoms with Gasteiger partial charge < -0.3 is 10.2 Å². The molecule has 2 nitrogen and oxygen atoms in total. The van der Waals surface area contributed by atoms with Crippen LogP contribution < -0.4 is 5.32 Å². The molecule has 18 heavy (non-hydrogen) atoms. The van der Waals surface area contributed by atoms with Gasteiger partial charge in [-0.1, -0.05) is 20.8 Å². The number of nitrogens with zero attached hydrogens (tertiary/aromatic N) is 1. The topological polar surface area (TPSA) is 15.3 Å². The lowest BCUT2D eigenvalue weighted by Gasteiger charge is -2.30. The lowest BCUT2D eigenvalue weighted by Crippen LogP contribution is -2.40. The van der Waals surface area contributed by atoms with Crippen molar-refractivity contribution in [1.82, 2.24) is 10.2 Å².